The van der Waals surface area contributed by atoms with Crippen molar-refractivity contribution >= 4 is 28.6 Å². The van der Waals surface area contributed by atoms with E-state index in [1.807, 2.05) is 26.0 Å². The number of aryl methyl sites for hydroxylation is 1. The summed E-state index contributed by atoms with van der Waals surface area (Å²) in [6.07, 6.45) is 0.249. The maximum Gasteiger partial charge on any atom is 0.282 e. The molecule has 6 nitrogen and oxygen atoms in total. The summed E-state index contributed by atoms with van der Waals surface area (Å²) in [5.74, 6) is 0.417. The molecule has 0 saturated carbocycles. The third-order valence-corrected chi connectivity index (χ3v) is 5.89. The number of nitrogens with one attached hydrogen (secondary N) is 1. The summed E-state index contributed by atoms with van der Waals surface area (Å²) in [7, 11) is 1.65. The molecule has 1 atom stereocenters. The number of aliphatic imine (C=N–C) groups is 1. The second kappa shape index (κ2) is 9.66. The first-order valence-electron chi connectivity index (χ1n) is 11.1. The Bertz CT molecular complexity index is 1500. The minimum absolute atomic E-state index is 0.157. The summed E-state index contributed by atoms with van der Waals surface area (Å²) in [6, 6.07) is 11.7. The molecule has 0 amide bonds. The molecule has 4 aromatic rings. The summed E-state index contributed by atoms with van der Waals surface area (Å²) in [5, 5.41) is 3.55. The highest BCUT2D eigenvalue weighted by molar-refractivity contribution is 5.90. The molecule has 0 bridgehead atoms. The van der Waals surface area contributed by atoms with Crippen molar-refractivity contribution in [2.24, 2.45) is 4.99 Å². The van der Waals surface area contributed by atoms with Crippen LogP contribution in [-0.4, -0.2) is 18.2 Å². The van der Waals surface area contributed by atoms with Crippen LogP contribution in [0.1, 0.15) is 47.3 Å². The molecule has 0 aliphatic carbocycles. The van der Waals surface area contributed by atoms with Crippen molar-refractivity contribution < 1.29 is 13.2 Å². The van der Waals surface area contributed by atoms with Crippen LogP contribution in [0, 0.1) is 13.8 Å². The van der Waals surface area contributed by atoms with Gasteiger partial charge in [-0.25, -0.2) is 8.78 Å². The number of halogens is 2. The van der Waals surface area contributed by atoms with E-state index in [4.69, 9.17) is 10.2 Å². The zero-order valence-corrected chi connectivity index (χ0v) is 19.9. The Labute approximate surface area is 201 Å². The highest BCUT2D eigenvalue weighted by Gasteiger charge is 2.21. The Balaban J connectivity index is 1.89. The fourth-order valence-corrected chi connectivity index (χ4v) is 4.16. The standard InChI is InChI=1S/C27H26F2N4O2/c1-14-10-19(16(3)33-22-6-5-9-32-23(22)27(28)29)26-20(11-14)24(34)15(2)25(35-26)17-7-8-21(30)18(12-17)13-31-4/h5-13,16,27,33H,30H2,1-4H3. The van der Waals surface area contributed by atoms with Gasteiger partial charge >= 0.3 is 0 Å². The normalized spacial score (nSPS) is 12.5. The molecule has 35 heavy (non-hydrogen) atoms. The van der Waals surface area contributed by atoms with Gasteiger partial charge < -0.3 is 15.5 Å². The molecule has 2 aromatic heterocycles. The lowest BCUT2D eigenvalue weighted by Gasteiger charge is -2.20. The number of anilines is 2. The van der Waals surface area contributed by atoms with E-state index < -0.39 is 12.5 Å². The van der Waals surface area contributed by atoms with E-state index in [2.05, 4.69) is 15.3 Å². The molecular weight excluding hydrogens is 450 g/mol. The highest BCUT2D eigenvalue weighted by atomic mass is 19.3. The number of hydrogen-bond acceptors (Lipinski definition) is 6. The van der Waals surface area contributed by atoms with Crippen LogP contribution in [-0.2, 0) is 0 Å². The number of nitrogen functional groups attached to an aromatic ring is 1. The number of fused-ring (bicyclic) bond motifs is 1. The Morgan fingerprint density at radius 1 is 1.17 bits per heavy atom. The Hall–Kier alpha value is -4.07. The van der Waals surface area contributed by atoms with Gasteiger partial charge in [0.1, 0.15) is 17.0 Å². The van der Waals surface area contributed by atoms with E-state index in [9.17, 15) is 13.6 Å². The predicted molar refractivity (Wildman–Crippen MR) is 137 cm³/mol. The third kappa shape index (κ3) is 4.64. The molecule has 0 radical (unpaired) electrons. The second-order valence-electron chi connectivity index (χ2n) is 8.45. The first-order valence-corrected chi connectivity index (χ1v) is 11.1. The van der Waals surface area contributed by atoms with E-state index in [0.29, 0.717) is 44.7 Å². The minimum Gasteiger partial charge on any atom is -0.455 e. The van der Waals surface area contributed by atoms with Crippen molar-refractivity contribution in [1.82, 2.24) is 4.98 Å². The molecule has 0 saturated heterocycles. The molecule has 180 valence electrons. The van der Waals surface area contributed by atoms with Gasteiger partial charge in [-0.3, -0.25) is 14.8 Å². The van der Waals surface area contributed by atoms with Gasteiger partial charge in [0.15, 0.2) is 5.43 Å². The Morgan fingerprint density at radius 3 is 2.66 bits per heavy atom. The van der Waals surface area contributed by atoms with Gasteiger partial charge in [0, 0.05) is 47.4 Å². The van der Waals surface area contributed by atoms with E-state index in [0.717, 1.165) is 5.56 Å². The second-order valence-corrected chi connectivity index (χ2v) is 8.45. The van der Waals surface area contributed by atoms with Crippen LogP contribution in [0.5, 0.6) is 0 Å². The number of alkyl halides is 2. The van der Waals surface area contributed by atoms with Crippen molar-refractivity contribution in [2.45, 2.75) is 33.2 Å². The smallest absolute Gasteiger partial charge is 0.282 e. The van der Waals surface area contributed by atoms with Crippen LogP contribution in [0.15, 0.2) is 62.9 Å². The average Bonchev–Trinajstić information content (AvgIpc) is 2.83. The van der Waals surface area contributed by atoms with Crippen molar-refractivity contribution in [2.75, 3.05) is 18.1 Å². The first-order chi connectivity index (χ1) is 16.7. The Morgan fingerprint density at radius 2 is 1.94 bits per heavy atom. The molecule has 0 aliphatic heterocycles. The molecule has 2 aromatic carbocycles. The van der Waals surface area contributed by atoms with E-state index in [1.165, 1.54) is 6.20 Å². The van der Waals surface area contributed by atoms with Crippen molar-refractivity contribution in [3.05, 3.63) is 86.8 Å². The molecular formula is C27H26F2N4O2. The number of aromatic nitrogens is 1. The molecule has 2 heterocycles. The fraction of sp³-hybridized carbons (Fsp3) is 0.222. The lowest BCUT2D eigenvalue weighted by atomic mass is 9.98. The number of pyridine rings is 1. The summed E-state index contributed by atoms with van der Waals surface area (Å²) in [6.45, 7) is 5.43. The van der Waals surface area contributed by atoms with Gasteiger partial charge in [-0.05, 0) is 62.7 Å². The lowest BCUT2D eigenvalue weighted by molar-refractivity contribution is 0.147. The molecule has 0 spiro atoms. The van der Waals surface area contributed by atoms with Crippen LogP contribution >= 0.6 is 0 Å². The maximum absolute atomic E-state index is 13.5. The minimum atomic E-state index is -2.72. The van der Waals surface area contributed by atoms with E-state index in [1.54, 1.807) is 50.5 Å². The summed E-state index contributed by atoms with van der Waals surface area (Å²) in [4.78, 5) is 21.2. The molecule has 8 heteroatoms. The van der Waals surface area contributed by atoms with E-state index >= 15 is 0 Å². The number of nitrogens with two attached hydrogens (primary N) is 1. The zero-order chi connectivity index (χ0) is 25.3. The summed E-state index contributed by atoms with van der Waals surface area (Å²) >= 11 is 0. The number of rotatable bonds is 6. The summed E-state index contributed by atoms with van der Waals surface area (Å²) in [5.41, 5.74) is 10.1. The average molecular weight is 477 g/mol. The summed E-state index contributed by atoms with van der Waals surface area (Å²) < 4.78 is 33.3. The van der Waals surface area contributed by atoms with Crippen LogP contribution in [0.4, 0.5) is 20.2 Å². The van der Waals surface area contributed by atoms with Crippen LogP contribution in [0.25, 0.3) is 22.3 Å². The number of nitrogens with zero attached hydrogens (tertiary/aromatic N) is 2. The number of hydrogen-bond donors (Lipinski definition) is 2. The lowest BCUT2D eigenvalue weighted by Crippen LogP contribution is -2.13. The van der Waals surface area contributed by atoms with Crippen molar-refractivity contribution in [3.8, 4) is 11.3 Å². The third-order valence-electron chi connectivity index (χ3n) is 5.89. The highest BCUT2D eigenvalue weighted by Crippen LogP contribution is 2.34. The Kier molecular flexibility index (Phi) is 6.64. The molecule has 3 N–H and O–H groups in total. The number of benzene rings is 2. The SMILES string of the molecule is CN=Cc1cc(-c2oc3c(C(C)Nc4cccnc4C(F)F)cc(C)cc3c(=O)c2C)ccc1N. The zero-order valence-electron chi connectivity index (χ0n) is 19.9. The molecule has 0 aliphatic rings. The van der Waals surface area contributed by atoms with Crippen LogP contribution < -0.4 is 16.5 Å². The van der Waals surface area contributed by atoms with Gasteiger partial charge in [0.25, 0.3) is 6.43 Å². The first kappa shape index (κ1) is 24.1. The quantitative estimate of drug-likeness (QED) is 0.255. The topological polar surface area (TPSA) is 93.5 Å². The molecule has 0 fully saturated rings. The van der Waals surface area contributed by atoms with Crippen LogP contribution in [0.2, 0.25) is 0 Å². The van der Waals surface area contributed by atoms with Gasteiger partial charge in [-0.15, -0.1) is 0 Å². The van der Waals surface area contributed by atoms with Crippen molar-refractivity contribution in [1.29, 1.82) is 0 Å². The van der Waals surface area contributed by atoms with Gasteiger partial charge in [-0.2, -0.15) is 0 Å². The molecule has 1 unspecified atom stereocenters. The van der Waals surface area contributed by atoms with Crippen LogP contribution in [0.3, 0.4) is 0 Å². The monoisotopic (exact) mass is 476 g/mol. The predicted octanol–water partition coefficient (Wildman–Crippen LogP) is 6.21. The molecule has 4 rings (SSSR count). The fourth-order valence-electron chi connectivity index (χ4n) is 4.16. The van der Waals surface area contributed by atoms with Crippen molar-refractivity contribution in [3.63, 3.8) is 0 Å². The van der Waals surface area contributed by atoms with Gasteiger partial charge in [0.05, 0.1) is 17.1 Å². The van der Waals surface area contributed by atoms with Gasteiger partial charge in [0.2, 0.25) is 0 Å². The largest absolute Gasteiger partial charge is 0.455 e. The maximum atomic E-state index is 13.5. The van der Waals surface area contributed by atoms with E-state index in [-0.39, 0.29) is 16.8 Å². The van der Waals surface area contributed by atoms with Gasteiger partial charge in [-0.1, -0.05) is 6.07 Å².